The number of rotatable bonds is 7. The quantitative estimate of drug-likeness (QED) is 0.775. The Kier molecular flexibility index (Phi) is 7.81. The van der Waals surface area contributed by atoms with E-state index in [0.29, 0.717) is 36.9 Å². The van der Waals surface area contributed by atoms with Gasteiger partial charge in [0.25, 0.3) is 0 Å². The van der Waals surface area contributed by atoms with Crippen molar-refractivity contribution in [1.82, 2.24) is 4.90 Å². The molecule has 1 amide bonds. The van der Waals surface area contributed by atoms with Crippen LogP contribution in [-0.4, -0.2) is 54.2 Å². The average molecular weight is 359 g/mol. The maximum atomic E-state index is 12.4. The second kappa shape index (κ2) is 9.34. The summed E-state index contributed by atoms with van der Waals surface area (Å²) in [6, 6.07) is 4.65. The van der Waals surface area contributed by atoms with Gasteiger partial charge in [-0.25, -0.2) is 0 Å². The Hall–Kier alpha value is -1.99. The van der Waals surface area contributed by atoms with Gasteiger partial charge >= 0.3 is 5.97 Å². The number of aliphatic carboxylic acids is 1. The fraction of sp³-hybridized carbons (Fsp3) is 0.500. The zero-order valence-electron chi connectivity index (χ0n) is 13.8. The number of nitrogens with zero attached hydrogens (tertiary/aromatic N) is 1. The van der Waals surface area contributed by atoms with Crippen LogP contribution in [0.4, 0.5) is 5.69 Å². The van der Waals surface area contributed by atoms with Crippen LogP contribution >= 0.6 is 12.4 Å². The monoisotopic (exact) mass is 358 g/mol. The fourth-order valence-corrected chi connectivity index (χ4v) is 2.40. The van der Waals surface area contributed by atoms with Crippen molar-refractivity contribution in [2.24, 2.45) is 0 Å². The van der Waals surface area contributed by atoms with Crippen LogP contribution in [0.1, 0.15) is 20.3 Å². The average Bonchev–Trinajstić information content (AvgIpc) is 2.53. The molecule has 7 nitrogen and oxygen atoms in total. The van der Waals surface area contributed by atoms with Crippen LogP contribution < -0.4 is 14.8 Å². The molecule has 1 aromatic rings. The molecule has 0 spiro atoms. The fourth-order valence-electron chi connectivity index (χ4n) is 2.40. The number of hydrogen-bond acceptors (Lipinski definition) is 5. The van der Waals surface area contributed by atoms with Crippen molar-refractivity contribution < 1.29 is 24.2 Å². The van der Waals surface area contributed by atoms with Crippen LogP contribution in [-0.2, 0) is 9.59 Å². The van der Waals surface area contributed by atoms with Gasteiger partial charge in [0.2, 0.25) is 5.91 Å². The molecule has 1 aliphatic rings. The maximum Gasteiger partial charge on any atom is 0.317 e. The van der Waals surface area contributed by atoms with Crippen molar-refractivity contribution in [2.75, 3.05) is 31.6 Å². The first-order valence-electron chi connectivity index (χ1n) is 7.67. The molecule has 0 radical (unpaired) electrons. The van der Waals surface area contributed by atoms with E-state index in [1.807, 2.05) is 6.92 Å². The third kappa shape index (κ3) is 5.28. The summed E-state index contributed by atoms with van der Waals surface area (Å²) in [5, 5.41) is 11.8. The second-order valence-corrected chi connectivity index (χ2v) is 5.39. The van der Waals surface area contributed by atoms with Gasteiger partial charge < -0.3 is 19.9 Å². The molecule has 1 aromatic carbocycles. The second-order valence-electron chi connectivity index (χ2n) is 5.39. The number of carbonyl (C=O) groups is 2. The molecular formula is C16H23ClN2O5. The number of amides is 1. The Morgan fingerprint density at radius 3 is 2.58 bits per heavy atom. The predicted molar refractivity (Wildman–Crippen MR) is 92.3 cm³/mol. The molecule has 0 aromatic heterocycles. The summed E-state index contributed by atoms with van der Waals surface area (Å²) in [4.78, 5) is 24.9. The standard InChI is InChI=1S/C16H22N2O5.ClH/c1-3-6-18(10-15(19)20)11(2)16(21)17-12-4-5-13-14(9-12)23-8-7-22-13;/h4-5,9,11H,3,6-8,10H2,1-2H3,(H,17,21)(H,19,20);1H. The van der Waals surface area contributed by atoms with Gasteiger partial charge in [0, 0.05) is 11.8 Å². The van der Waals surface area contributed by atoms with Gasteiger partial charge in [-0.1, -0.05) is 6.92 Å². The van der Waals surface area contributed by atoms with Crippen LogP contribution in [0.15, 0.2) is 18.2 Å². The molecule has 134 valence electrons. The van der Waals surface area contributed by atoms with Gasteiger partial charge in [-0.15, -0.1) is 12.4 Å². The van der Waals surface area contributed by atoms with Gasteiger partial charge in [0.1, 0.15) is 13.2 Å². The van der Waals surface area contributed by atoms with Crippen LogP contribution in [0.5, 0.6) is 11.5 Å². The number of carboxylic acids is 1. The van der Waals surface area contributed by atoms with E-state index in [4.69, 9.17) is 14.6 Å². The molecule has 0 aliphatic carbocycles. The summed E-state index contributed by atoms with van der Waals surface area (Å²) < 4.78 is 10.9. The molecule has 1 unspecified atom stereocenters. The lowest BCUT2D eigenvalue weighted by molar-refractivity contribution is -0.139. The van der Waals surface area contributed by atoms with E-state index in [1.54, 1.807) is 30.0 Å². The van der Waals surface area contributed by atoms with Crippen LogP contribution in [0.3, 0.4) is 0 Å². The molecule has 0 saturated carbocycles. The largest absolute Gasteiger partial charge is 0.486 e. The Balaban J connectivity index is 0.00000288. The van der Waals surface area contributed by atoms with Crippen LogP contribution in [0.2, 0.25) is 0 Å². The predicted octanol–water partition coefficient (Wildman–Crippen LogP) is 2.00. The summed E-state index contributed by atoms with van der Waals surface area (Å²) in [5.41, 5.74) is 0.595. The number of nitrogens with one attached hydrogen (secondary N) is 1. The van der Waals surface area contributed by atoms with E-state index in [2.05, 4.69) is 5.32 Å². The van der Waals surface area contributed by atoms with E-state index in [1.165, 1.54) is 0 Å². The molecular weight excluding hydrogens is 336 g/mol. The highest BCUT2D eigenvalue weighted by molar-refractivity contribution is 5.95. The zero-order chi connectivity index (χ0) is 16.8. The molecule has 1 aliphatic heterocycles. The molecule has 0 bridgehead atoms. The highest BCUT2D eigenvalue weighted by Crippen LogP contribution is 2.32. The smallest absolute Gasteiger partial charge is 0.317 e. The van der Waals surface area contributed by atoms with E-state index < -0.39 is 12.0 Å². The lowest BCUT2D eigenvalue weighted by Crippen LogP contribution is -2.44. The lowest BCUT2D eigenvalue weighted by Gasteiger charge is -2.26. The molecule has 0 saturated heterocycles. The van der Waals surface area contributed by atoms with Crippen molar-refractivity contribution in [3.05, 3.63) is 18.2 Å². The molecule has 24 heavy (non-hydrogen) atoms. The van der Waals surface area contributed by atoms with Crippen molar-refractivity contribution in [2.45, 2.75) is 26.3 Å². The van der Waals surface area contributed by atoms with Crippen molar-refractivity contribution in [1.29, 1.82) is 0 Å². The van der Waals surface area contributed by atoms with E-state index >= 15 is 0 Å². The Bertz CT molecular complexity index is 582. The van der Waals surface area contributed by atoms with Crippen LogP contribution in [0, 0.1) is 0 Å². The first-order chi connectivity index (χ1) is 11.0. The summed E-state index contributed by atoms with van der Waals surface area (Å²) in [6.45, 7) is 5.01. The van der Waals surface area contributed by atoms with Crippen LogP contribution in [0.25, 0.3) is 0 Å². The van der Waals surface area contributed by atoms with Gasteiger partial charge in [-0.2, -0.15) is 0 Å². The highest BCUT2D eigenvalue weighted by atomic mass is 35.5. The maximum absolute atomic E-state index is 12.4. The van der Waals surface area contributed by atoms with Gasteiger partial charge in [0.05, 0.1) is 12.6 Å². The van der Waals surface area contributed by atoms with E-state index in [0.717, 1.165) is 6.42 Å². The molecule has 1 atom stereocenters. The number of hydrogen-bond donors (Lipinski definition) is 2. The number of ether oxygens (including phenoxy) is 2. The zero-order valence-corrected chi connectivity index (χ0v) is 14.6. The number of fused-ring (bicyclic) bond motifs is 1. The Labute approximate surface area is 147 Å². The van der Waals surface area contributed by atoms with Crippen molar-refractivity contribution in [3.63, 3.8) is 0 Å². The summed E-state index contributed by atoms with van der Waals surface area (Å²) in [6.07, 6.45) is 0.773. The van der Waals surface area contributed by atoms with E-state index in [9.17, 15) is 9.59 Å². The minimum absolute atomic E-state index is 0. The van der Waals surface area contributed by atoms with Gasteiger partial charge in [-0.3, -0.25) is 14.5 Å². The highest BCUT2D eigenvalue weighted by Gasteiger charge is 2.23. The Morgan fingerprint density at radius 1 is 1.29 bits per heavy atom. The minimum atomic E-state index is -0.947. The minimum Gasteiger partial charge on any atom is -0.486 e. The lowest BCUT2D eigenvalue weighted by atomic mass is 10.2. The summed E-state index contributed by atoms with van der Waals surface area (Å²) >= 11 is 0. The number of benzene rings is 1. The summed E-state index contributed by atoms with van der Waals surface area (Å²) in [7, 11) is 0. The third-order valence-corrected chi connectivity index (χ3v) is 3.59. The normalized spacial score (nSPS) is 13.8. The van der Waals surface area contributed by atoms with Gasteiger partial charge in [-0.05, 0) is 32.0 Å². The first kappa shape index (κ1) is 20.1. The molecule has 2 N–H and O–H groups in total. The number of anilines is 1. The number of carboxylic acid groups (broad SMARTS) is 1. The summed E-state index contributed by atoms with van der Waals surface area (Å²) in [5.74, 6) is 0.0484. The molecule has 1 heterocycles. The third-order valence-electron chi connectivity index (χ3n) is 3.59. The van der Waals surface area contributed by atoms with E-state index in [-0.39, 0.29) is 24.9 Å². The first-order valence-corrected chi connectivity index (χ1v) is 7.67. The topological polar surface area (TPSA) is 88.1 Å². The molecule has 0 fully saturated rings. The van der Waals surface area contributed by atoms with Crippen molar-refractivity contribution >= 4 is 30.0 Å². The number of carbonyl (C=O) groups excluding carboxylic acids is 1. The van der Waals surface area contributed by atoms with Gasteiger partial charge in [0.15, 0.2) is 11.5 Å². The number of halogens is 1. The van der Waals surface area contributed by atoms with Crippen molar-refractivity contribution in [3.8, 4) is 11.5 Å². The SMILES string of the molecule is CCCN(CC(=O)O)C(C)C(=O)Nc1ccc2c(c1)OCCO2.Cl. The molecule has 8 heteroatoms. The molecule has 2 rings (SSSR count). The Morgan fingerprint density at radius 2 is 1.96 bits per heavy atom.